The summed E-state index contributed by atoms with van der Waals surface area (Å²) in [6.45, 7) is 2.23. The number of nitrogens with zero attached hydrogens (tertiary/aromatic N) is 2. The van der Waals surface area contributed by atoms with Crippen LogP contribution < -0.4 is 4.90 Å². The van der Waals surface area contributed by atoms with Crippen molar-refractivity contribution in [3.63, 3.8) is 0 Å². The van der Waals surface area contributed by atoms with Gasteiger partial charge >= 0.3 is 5.97 Å². The minimum absolute atomic E-state index is 0.306. The van der Waals surface area contributed by atoms with Crippen molar-refractivity contribution in [2.75, 3.05) is 32.1 Å². The number of carbonyl (C=O) groups is 1. The van der Waals surface area contributed by atoms with Crippen LogP contribution in [0.15, 0.2) is 22.7 Å². The van der Waals surface area contributed by atoms with Gasteiger partial charge in [-0.15, -0.1) is 0 Å². The van der Waals surface area contributed by atoms with Crippen LogP contribution in [-0.4, -0.2) is 49.2 Å². The average molecular weight is 327 g/mol. The first kappa shape index (κ1) is 14.3. The molecule has 1 heterocycles. The van der Waals surface area contributed by atoms with E-state index in [9.17, 15) is 4.79 Å². The molecule has 1 aromatic carbocycles. The van der Waals surface area contributed by atoms with Crippen molar-refractivity contribution in [2.45, 2.75) is 18.9 Å². The van der Waals surface area contributed by atoms with Gasteiger partial charge in [0.05, 0.1) is 5.56 Å². The number of rotatable bonds is 3. The molecule has 0 bridgehead atoms. The van der Waals surface area contributed by atoms with Crippen LogP contribution in [0, 0.1) is 0 Å². The first-order valence-electron chi connectivity index (χ1n) is 6.43. The minimum atomic E-state index is -0.902. The molecule has 0 saturated carbocycles. The van der Waals surface area contributed by atoms with Crippen molar-refractivity contribution < 1.29 is 9.90 Å². The molecule has 19 heavy (non-hydrogen) atoms. The summed E-state index contributed by atoms with van der Waals surface area (Å²) < 4.78 is 0.636. The lowest BCUT2D eigenvalue weighted by Crippen LogP contribution is -2.42. The zero-order chi connectivity index (χ0) is 14.0. The Hall–Kier alpha value is -1.07. The highest BCUT2D eigenvalue weighted by Crippen LogP contribution is 2.27. The highest BCUT2D eigenvalue weighted by Gasteiger charge is 2.21. The largest absolute Gasteiger partial charge is 0.478 e. The number of benzene rings is 1. The van der Waals surface area contributed by atoms with Crippen LogP contribution in [0.1, 0.15) is 23.2 Å². The molecular formula is C14H19BrN2O2. The SMILES string of the molecule is CN1CCC(N(C)c2ccc(C(=O)O)c(Br)c2)CC1. The van der Waals surface area contributed by atoms with Crippen LogP contribution in [0.3, 0.4) is 0 Å². The Balaban J connectivity index is 2.13. The maximum absolute atomic E-state index is 11.0. The van der Waals surface area contributed by atoms with Crippen LogP contribution in [0.25, 0.3) is 0 Å². The van der Waals surface area contributed by atoms with Crippen LogP contribution in [-0.2, 0) is 0 Å². The van der Waals surface area contributed by atoms with Crippen molar-refractivity contribution in [3.05, 3.63) is 28.2 Å². The first-order chi connectivity index (χ1) is 8.99. The van der Waals surface area contributed by atoms with Crippen molar-refractivity contribution in [1.82, 2.24) is 4.90 Å². The lowest BCUT2D eigenvalue weighted by atomic mass is 10.0. The lowest BCUT2D eigenvalue weighted by molar-refractivity contribution is 0.0696. The van der Waals surface area contributed by atoms with Gasteiger partial charge in [0, 0.05) is 23.2 Å². The normalized spacial score (nSPS) is 17.4. The Bertz CT molecular complexity index is 471. The summed E-state index contributed by atoms with van der Waals surface area (Å²) in [6, 6.07) is 5.96. The summed E-state index contributed by atoms with van der Waals surface area (Å²) in [6.07, 6.45) is 2.29. The molecule has 0 aromatic heterocycles. The van der Waals surface area contributed by atoms with Gasteiger partial charge in [-0.3, -0.25) is 0 Å². The van der Waals surface area contributed by atoms with E-state index >= 15 is 0 Å². The zero-order valence-corrected chi connectivity index (χ0v) is 12.9. The molecule has 104 valence electrons. The molecule has 1 N–H and O–H groups in total. The summed E-state index contributed by atoms with van der Waals surface area (Å²) >= 11 is 3.33. The van der Waals surface area contributed by atoms with E-state index in [0.717, 1.165) is 31.6 Å². The summed E-state index contributed by atoms with van der Waals surface area (Å²) in [5.41, 5.74) is 1.37. The number of anilines is 1. The third kappa shape index (κ3) is 3.28. The predicted molar refractivity (Wildman–Crippen MR) is 80.0 cm³/mol. The molecule has 5 heteroatoms. The quantitative estimate of drug-likeness (QED) is 0.927. The highest BCUT2D eigenvalue weighted by molar-refractivity contribution is 9.10. The number of aromatic carboxylic acids is 1. The molecular weight excluding hydrogens is 308 g/mol. The van der Waals surface area contributed by atoms with Crippen LogP contribution >= 0.6 is 15.9 Å². The molecule has 0 atom stereocenters. The van der Waals surface area contributed by atoms with Gasteiger partial charge in [-0.2, -0.15) is 0 Å². The first-order valence-corrected chi connectivity index (χ1v) is 7.22. The minimum Gasteiger partial charge on any atom is -0.478 e. The van der Waals surface area contributed by atoms with Crippen molar-refractivity contribution in [1.29, 1.82) is 0 Å². The predicted octanol–water partition coefficient (Wildman–Crippen LogP) is 2.68. The standard InChI is InChI=1S/C14H19BrN2O2/c1-16-7-5-10(6-8-16)17(2)11-3-4-12(14(18)19)13(15)9-11/h3-4,9-10H,5-8H2,1-2H3,(H,18,19). The summed E-state index contributed by atoms with van der Waals surface area (Å²) in [5, 5.41) is 9.02. The van der Waals surface area contributed by atoms with Gasteiger partial charge in [0.15, 0.2) is 0 Å². The summed E-state index contributed by atoms with van der Waals surface area (Å²) in [7, 11) is 4.23. The Morgan fingerprint density at radius 3 is 2.58 bits per heavy atom. The van der Waals surface area contributed by atoms with Gasteiger partial charge < -0.3 is 14.9 Å². The van der Waals surface area contributed by atoms with Gasteiger partial charge in [0.25, 0.3) is 0 Å². The second-order valence-corrected chi connectivity index (χ2v) is 5.97. The number of likely N-dealkylation sites (tertiary alicyclic amines) is 1. The summed E-state index contributed by atoms with van der Waals surface area (Å²) in [5.74, 6) is -0.902. The Morgan fingerprint density at radius 1 is 1.42 bits per heavy atom. The van der Waals surface area contributed by atoms with Crippen molar-refractivity contribution in [2.24, 2.45) is 0 Å². The molecule has 0 unspecified atom stereocenters. The molecule has 0 radical (unpaired) electrons. The second kappa shape index (κ2) is 5.92. The van der Waals surface area contributed by atoms with E-state index in [1.54, 1.807) is 6.07 Å². The highest BCUT2D eigenvalue weighted by atomic mass is 79.9. The Kier molecular flexibility index (Phi) is 4.47. The van der Waals surface area contributed by atoms with Crippen LogP contribution in [0.5, 0.6) is 0 Å². The summed E-state index contributed by atoms with van der Waals surface area (Å²) in [4.78, 5) is 15.6. The van der Waals surface area contributed by atoms with Gasteiger partial charge in [0.1, 0.15) is 0 Å². The molecule has 1 aromatic rings. The lowest BCUT2D eigenvalue weighted by Gasteiger charge is -2.36. The zero-order valence-electron chi connectivity index (χ0n) is 11.3. The molecule has 1 saturated heterocycles. The Labute approximate surface area is 122 Å². The number of carboxylic acids is 1. The third-order valence-electron chi connectivity index (χ3n) is 3.83. The average Bonchev–Trinajstić information content (AvgIpc) is 2.38. The number of carboxylic acid groups (broad SMARTS) is 1. The maximum atomic E-state index is 11.0. The van der Waals surface area contributed by atoms with Crippen LogP contribution in [0.4, 0.5) is 5.69 Å². The molecule has 1 aliphatic rings. The molecule has 4 nitrogen and oxygen atoms in total. The van der Waals surface area contributed by atoms with Gasteiger partial charge in [-0.05, 0) is 67.1 Å². The van der Waals surface area contributed by atoms with E-state index < -0.39 is 5.97 Å². The maximum Gasteiger partial charge on any atom is 0.336 e. The monoisotopic (exact) mass is 326 g/mol. The number of hydrogen-bond acceptors (Lipinski definition) is 3. The van der Waals surface area contributed by atoms with E-state index in [1.165, 1.54) is 0 Å². The number of hydrogen-bond donors (Lipinski definition) is 1. The fourth-order valence-electron chi connectivity index (χ4n) is 2.49. The van der Waals surface area contributed by atoms with Crippen molar-refractivity contribution in [3.8, 4) is 0 Å². The fourth-order valence-corrected chi connectivity index (χ4v) is 3.03. The second-order valence-electron chi connectivity index (χ2n) is 5.11. The topological polar surface area (TPSA) is 43.8 Å². The molecule has 0 aliphatic carbocycles. The third-order valence-corrected chi connectivity index (χ3v) is 4.48. The number of halogens is 1. The Morgan fingerprint density at radius 2 is 2.05 bits per heavy atom. The smallest absolute Gasteiger partial charge is 0.336 e. The van der Waals surface area contributed by atoms with Gasteiger partial charge in [-0.25, -0.2) is 4.79 Å². The fraction of sp³-hybridized carbons (Fsp3) is 0.500. The molecule has 0 spiro atoms. The molecule has 0 amide bonds. The molecule has 2 rings (SSSR count). The van der Waals surface area contributed by atoms with E-state index in [2.05, 4.69) is 39.8 Å². The van der Waals surface area contributed by atoms with E-state index in [-0.39, 0.29) is 0 Å². The number of piperidine rings is 1. The van der Waals surface area contributed by atoms with E-state index in [0.29, 0.717) is 16.1 Å². The van der Waals surface area contributed by atoms with Gasteiger partial charge in [-0.1, -0.05) is 0 Å². The van der Waals surface area contributed by atoms with Crippen molar-refractivity contribution >= 4 is 27.6 Å². The van der Waals surface area contributed by atoms with Gasteiger partial charge in [0.2, 0.25) is 0 Å². The molecule has 1 aliphatic heterocycles. The van der Waals surface area contributed by atoms with E-state index in [1.807, 2.05) is 12.1 Å². The van der Waals surface area contributed by atoms with E-state index in [4.69, 9.17) is 5.11 Å². The molecule has 1 fully saturated rings. The van der Waals surface area contributed by atoms with Crippen LogP contribution in [0.2, 0.25) is 0 Å².